The highest BCUT2D eigenvalue weighted by Gasteiger charge is 2.23. The number of hydrogen-bond donors (Lipinski definition) is 2. The lowest BCUT2D eigenvalue weighted by Crippen LogP contribution is -2.31. The molecule has 124 valence electrons. The van der Waals surface area contributed by atoms with Crippen molar-refractivity contribution in [2.24, 2.45) is 14.1 Å². The van der Waals surface area contributed by atoms with Gasteiger partial charge in [-0.2, -0.15) is 5.10 Å². The second-order valence-corrected chi connectivity index (χ2v) is 5.78. The average Bonchev–Trinajstić information content (AvgIpc) is 3.12. The summed E-state index contributed by atoms with van der Waals surface area (Å²) in [6.45, 7) is 2.02. The predicted octanol–water partition coefficient (Wildman–Crippen LogP) is 1.56. The third-order valence-electron chi connectivity index (χ3n) is 4.03. The van der Waals surface area contributed by atoms with Crippen LogP contribution in [-0.4, -0.2) is 25.2 Å². The molecule has 0 fully saturated rings. The van der Waals surface area contributed by atoms with E-state index in [-0.39, 0.29) is 11.9 Å². The second-order valence-electron chi connectivity index (χ2n) is 5.78. The molecule has 0 saturated heterocycles. The molecule has 0 saturated carbocycles. The van der Waals surface area contributed by atoms with E-state index in [0.29, 0.717) is 11.4 Å². The molecule has 0 aliphatic heterocycles. The van der Waals surface area contributed by atoms with E-state index in [0.717, 1.165) is 17.0 Å². The lowest BCUT2D eigenvalue weighted by molar-refractivity contribution is 0.0942. The quantitative estimate of drug-likeness (QED) is 0.762. The minimum atomic E-state index is -0.377. The van der Waals surface area contributed by atoms with Crippen LogP contribution in [0.3, 0.4) is 0 Å². The number of aryl methyl sites for hydroxylation is 3. The Morgan fingerprint density at radius 2 is 1.96 bits per heavy atom. The van der Waals surface area contributed by atoms with Crippen LogP contribution in [-0.2, 0) is 14.1 Å². The van der Waals surface area contributed by atoms with Crippen LogP contribution >= 0.6 is 0 Å². The molecule has 0 spiro atoms. The maximum atomic E-state index is 12.7. The van der Waals surface area contributed by atoms with Crippen LogP contribution in [0.15, 0.2) is 42.9 Å². The molecule has 3 aromatic rings. The second kappa shape index (κ2) is 6.19. The van der Waals surface area contributed by atoms with Gasteiger partial charge in [-0.05, 0) is 12.5 Å². The number of carbonyl (C=O) groups is 1. The molecule has 1 amide bonds. The van der Waals surface area contributed by atoms with Gasteiger partial charge in [0.15, 0.2) is 0 Å². The molecule has 2 aromatic heterocycles. The molecule has 3 rings (SSSR count). The highest BCUT2D eigenvalue weighted by molar-refractivity contribution is 5.98. The first-order chi connectivity index (χ1) is 11.5. The van der Waals surface area contributed by atoms with E-state index in [1.54, 1.807) is 13.2 Å². The van der Waals surface area contributed by atoms with Gasteiger partial charge in [0.1, 0.15) is 23.2 Å². The van der Waals surface area contributed by atoms with Crippen molar-refractivity contribution in [2.45, 2.75) is 13.0 Å². The molecule has 1 aromatic carbocycles. The fraction of sp³-hybridized carbons (Fsp3) is 0.235. The Labute approximate surface area is 140 Å². The zero-order valence-corrected chi connectivity index (χ0v) is 13.9. The van der Waals surface area contributed by atoms with Crippen LogP contribution in [0.2, 0.25) is 0 Å². The number of imidazole rings is 1. The van der Waals surface area contributed by atoms with Gasteiger partial charge in [0.25, 0.3) is 5.91 Å². The van der Waals surface area contributed by atoms with E-state index in [1.807, 2.05) is 49.0 Å². The summed E-state index contributed by atoms with van der Waals surface area (Å²) < 4.78 is 3.36. The number of nitrogens with two attached hydrogens (primary N) is 1. The Bertz CT molecular complexity index is 862. The van der Waals surface area contributed by atoms with Gasteiger partial charge in [-0.3, -0.25) is 9.48 Å². The molecule has 1 unspecified atom stereocenters. The molecule has 2 heterocycles. The highest BCUT2D eigenvalue weighted by atomic mass is 16.1. The van der Waals surface area contributed by atoms with Crippen LogP contribution < -0.4 is 11.1 Å². The molecule has 7 nitrogen and oxygen atoms in total. The molecule has 3 N–H and O–H groups in total. The highest BCUT2D eigenvalue weighted by Crippen LogP contribution is 2.22. The number of amides is 1. The number of aromatic nitrogens is 4. The summed E-state index contributed by atoms with van der Waals surface area (Å²) in [5, 5.41) is 7.03. The van der Waals surface area contributed by atoms with Crippen molar-refractivity contribution >= 4 is 11.7 Å². The number of rotatable bonds is 4. The Hall–Kier alpha value is -3.09. The third kappa shape index (κ3) is 2.88. The van der Waals surface area contributed by atoms with E-state index >= 15 is 0 Å². The van der Waals surface area contributed by atoms with Gasteiger partial charge in [0.2, 0.25) is 0 Å². The minimum absolute atomic E-state index is 0.283. The van der Waals surface area contributed by atoms with E-state index in [9.17, 15) is 4.79 Å². The lowest BCUT2D eigenvalue weighted by atomic mass is 10.0. The minimum Gasteiger partial charge on any atom is -0.383 e. The number of carbonyl (C=O) groups excluding carboxylic acids is 1. The smallest absolute Gasteiger partial charge is 0.257 e. The molecule has 0 aliphatic carbocycles. The van der Waals surface area contributed by atoms with Crippen molar-refractivity contribution in [3.63, 3.8) is 0 Å². The number of nitrogens with one attached hydrogen (secondary N) is 1. The van der Waals surface area contributed by atoms with Crippen molar-refractivity contribution in [1.29, 1.82) is 0 Å². The first-order valence-corrected chi connectivity index (χ1v) is 7.59. The van der Waals surface area contributed by atoms with Crippen LogP contribution in [0.25, 0.3) is 0 Å². The van der Waals surface area contributed by atoms with Gasteiger partial charge in [-0.15, -0.1) is 0 Å². The van der Waals surface area contributed by atoms with Crippen LogP contribution in [0.4, 0.5) is 5.82 Å². The molecular weight excluding hydrogens is 304 g/mol. The molecular formula is C17H20N6O. The summed E-state index contributed by atoms with van der Waals surface area (Å²) in [7, 11) is 3.59. The zero-order chi connectivity index (χ0) is 17.3. The Balaban J connectivity index is 1.96. The van der Waals surface area contributed by atoms with Gasteiger partial charge in [0.05, 0.1) is 6.20 Å². The Morgan fingerprint density at radius 1 is 1.25 bits per heavy atom. The van der Waals surface area contributed by atoms with E-state index in [1.165, 1.54) is 10.9 Å². The third-order valence-corrected chi connectivity index (χ3v) is 4.03. The summed E-state index contributed by atoms with van der Waals surface area (Å²) in [6.07, 6.45) is 5.03. The topological polar surface area (TPSA) is 90.8 Å². The number of nitrogens with zero attached hydrogens (tertiary/aromatic N) is 4. The lowest BCUT2D eigenvalue weighted by Gasteiger charge is -2.19. The van der Waals surface area contributed by atoms with Gasteiger partial charge in [-0.1, -0.05) is 29.8 Å². The number of hydrogen-bond acceptors (Lipinski definition) is 4. The van der Waals surface area contributed by atoms with Crippen LogP contribution in [0, 0.1) is 6.92 Å². The summed E-state index contributed by atoms with van der Waals surface area (Å²) in [4.78, 5) is 17.0. The molecule has 0 aliphatic rings. The summed E-state index contributed by atoms with van der Waals surface area (Å²) in [6, 6.07) is 7.62. The number of benzene rings is 1. The fourth-order valence-corrected chi connectivity index (χ4v) is 2.54. The standard InChI is InChI=1S/C17H20N6O/c1-11-4-6-12(7-5-11)14(16-19-8-9-22(16)2)21-17(24)13-10-20-23(3)15(13)18/h4-10,14H,18H2,1-3H3,(H,21,24). The van der Waals surface area contributed by atoms with Gasteiger partial charge in [0, 0.05) is 26.5 Å². The summed E-state index contributed by atoms with van der Waals surface area (Å²) >= 11 is 0. The number of nitrogen functional groups attached to an aromatic ring is 1. The molecule has 24 heavy (non-hydrogen) atoms. The van der Waals surface area contributed by atoms with E-state index in [2.05, 4.69) is 15.4 Å². The van der Waals surface area contributed by atoms with Crippen molar-refractivity contribution in [3.8, 4) is 0 Å². The summed E-state index contributed by atoms with van der Waals surface area (Å²) in [5.74, 6) is 0.791. The van der Waals surface area contributed by atoms with Gasteiger partial charge >= 0.3 is 0 Å². The first kappa shape index (κ1) is 15.8. The maximum absolute atomic E-state index is 12.7. The van der Waals surface area contributed by atoms with Crippen molar-refractivity contribution in [2.75, 3.05) is 5.73 Å². The monoisotopic (exact) mass is 324 g/mol. The first-order valence-electron chi connectivity index (χ1n) is 7.59. The van der Waals surface area contributed by atoms with Crippen LogP contribution in [0.5, 0.6) is 0 Å². The van der Waals surface area contributed by atoms with E-state index < -0.39 is 0 Å². The molecule has 7 heteroatoms. The SMILES string of the molecule is Cc1ccc(C(NC(=O)c2cnn(C)c2N)c2nccn2C)cc1. The zero-order valence-electron chi connectivity index (χ0n) is 13.9. The van der Waals surface area contributed by atoms with Crippen LogP contribution in [0.1, 0.15) is 33.4 Å². The Kier molecular flexibility index (Phi) is 4.07. The molecule has 1 atom stereocenters. The molecule has 0 radical (unpaired) electrons. The van der Waals surface area contributed by atoms with Gasteiger partial charge < -0.3 is 15.6 Å². The van der Waals surface area contributed by atoms with E-state index in [4.69, 9.17) is 5.73 Å². The fourth-order valence-electron chi connectivity index (χ4n) is 2.54. The predicted molar refractivity (Wildman–Crippen MR) is 91.3 cm³/mol. The maximum Gasteiger partial charge on any atom is 0.257 e. The van der Waals surface area contributed by atoms with Crippen molar-refractivity contribution in [3.05, 3.63) is 65.4 Å². The van der Waals surface area contributed by atoms with Crippen molar-refractivity contribution in [1.82, 2.24) is 24.6 Å². The normalized spacial score (nSPS) is 12.1. The Morgan fingerprint density at radius 3 is 2.50 bits per heavy atom. The molecule has 0 bridgehead atoms. The summed E-state index contributed by atoms with van der Waals surface area (Å²) in [5.41, 5.74) is 8.36. The van der Waals surface area contributed by atoms with Gasteiger partial charge in [-0.25, -0.2) is 4.98 Å². The average molecular weight is 324 g/mol. The van der Waals surface area contributed by atoms with Crippen molar-refractivity contribution < 1.29 is 4.79 Å². The largest absolute Gasteiger partial charge is 0.383 e. The number of anilines is 1.